The normalized spacial score (nSPS) is 33.8. The van der Waals surface area contributed by atoms with Crippen LogP contribution in [0.1, 0.15) is 39.5 Å². The molecule has 0 amide bonds. The molecule has 0 heterocycles. The monoisotopic (exact) mass is 172 g/mol. The second kappa shape index (κ2) is 4.24. The number of rotatable bonds is 2. The average Bonchev–Trinajstić information content (AvgIpc) is 2.04. The van der Waals surface area contributed by atoms with Gasteiger partial charge in [0.25, 0.3) is 0 Å². The first-order valence-electron chi connectivity index (χ1n) is 4.99. The number of hydrogen-bond acceptors (Lipinski definition) is 2. The van der Waals surface area contributed by atoms with Crippen LogP contribution in [0.3, 0.4) is 0 Å². The Labute approximate surface area is 74.6 Å². The fourth-order valence-electron chi connectivity index (χ4n) is 2.03. The summed E-state index contributed by atoms with van der Waals surface area (Å²) in [5, 5.41) is 19.4. The highest BCUT2D eigenvalue weighted by atomic mass is 16.3. The van der Waals surface area contributed by atoms with Gasteiger partial charge in [0.2, 0.25) is 0 Å². The third-order valence-corrected chi connectivity index (χ3v) is 2.90. The fraction of sp³-hybridized carbons (Fsp3) is 1.00. The van der Waals surface area contributed by atoms with E-state index in [-0.39, 0.29) is 24.0 Å². The Morgan fingerprint density at radius 3 is 2.25 bits per heavy atom. The molecule has 1 saturated carbocycles. The van der Waals surface area contributed by atoms with Gasteiger partial charge in [-0.1, -0.05) is 26.7 Å². The minimum atomic E-state index is -0.319. The topological polar surface area (TPSA) is 40.5 Å². The molecule has 0 aromatic carbocycles. The highest BCUT2D eigenvalue weighted by Crippen LogP contribution is 2.29. The minimum absolute atomic E-state index is 0.124. The lowest BCUT2D eigenvalue weighted by Crippen LogP contribution is -2.37. The minimum Gasteiger partial charge on any atom is -0.393 e. The summed E-state index contributed by atoms with van der Waals surface area (Å²) in [4.78, 5) is 0. The summed E-state index contributed by atoms with van der Waals surface area (Å²) in [5.74, 6) is 0.390. The SMILES string of the molecule is CC(C)C(O)C1CCCCC1O. The van der Waals surface area contributed by atoms with Crippen LogP contribution < -0.4 is 0 Å². The number of aliphatic hydroxyl groups is 2. The largest absolute Gasteiger partial charge is 0.393 e. The van der Waals surface area contributed by atoms with E-state index >= 15 is 0 Å². The molecule has 1 fully saturated rings. The maximum atomic E-state index is 9.76. The summed E-state index contributed by atoms with van der Waals surface area (Å²) in [6, 6.07) is 0. The van der Waals surface area contributed by atoms with Gasteiger partial charge in [-0.3, -0.25) is 0 Å². The van der Waals surface area contributed by atoms with Crippen LogP contribution in [-0.4, -0.2) is 22.4 Å². The Balaban J connectivity index is 2.47. The molecule has 0 radical (unpaired) electrons. The molecule has 0 aromatic heterocycles. The van der Waals surface area contributed by atoms with Crippen molar-refractivity contribution in [2.75, 3.05) is 0 Å². The van der Waals surface area contributed by atoms with E-state index in [4.69, 9.17) is 0 Å². The van der Waals surface area contributed by atoms with Gasteiger partial charge >= 0.3 is 0 Å². The maximum Gasteiger partial charge on any atom is 0.0615 e. The molecule has 2 N–H and O–H groups in total. The van der Waals surface area contributed by atoms with Gasteiger partial charge in [0, 0.05) is 5.92 Å². The lowest BCUT2D eigenvalue weighted by Gasteiger charge is -2.33. The molecule has 1 aliphatic carbocycles. The molecule has 3 atom stereocenters. The quantitative estimate of drug-likeness (QED) is 0.663. The Morgan fingerprint density at radius 1 is 1.17 bits per heavy atom. The zero-order valence-corrected chi connectivity index (χ0v) is 8.03. The lowest BCUT2D eigenvalue weighted by atomic mass is 9.79. The predicted octanol–water partition coefficient (Wildman–Crippen LogP) is 1.55. The van der Waals surface area contributed by atoms with Crippen molar-refractivity contribution in [1.82, 2.24) is 0 Å². The van der Waals surface area contributed by atoms with Crippen molar-refractivity contribution in [3.05, 3.63) is 0 Å². The lowest BCUT2D eigenvalue weighted by molar-refractivity contribution is -0.0320. The zero-order valence-electron chi connectivity index (χ0n) is 8.03. The van der Waals surface area contributed by atoms with Crippen LogP contribution in [0.4, 0.5) is 0 Å². The van der Waals surface area contributed by atoms with E-state index in [2.05, 4.69) is 0 Å². The van der Waals surface area contributed by atoms with Crippen molar-refractivity contribution in [2.45, 2.75) is 51.7 Å². The van der Waals surface area contributed by atoms with E-state index in [1.807, 2.05) is 13.8 Å². The molecule has 3 unspecified atom stereocenters. The molecule has 12 heavy (non-hydrogen) atoms. The third-order valence-electron chi connectivity index (χ3n) is 2.90. The van der Waals surface area contributed by atoms with Crippen LogP contribution in [-0.2, 0) is 0 Å². The highest BCUT2D eigenvalue weighted by molar-refractivity contribution is 4.81. The molecule has 1 rings (SSSR count). The summed E-state index contributed by atoms with van der Waals surface area (Å²) < 4.78 is 0. The molecule has 0 aliphatic heterocycles. The molecule has 1 aliphatic rings. The highest BCUT2D eigenvalue weighted by Gasteiger charge is 2.30. The maximum absolute atomic E-state index is 9.76. The van der Waals surface area contributed by atoms with Crippen molar-refractivity contribution in [1.29, 1.82) is 0 Å². The van der Waals surface area contributed by atoms with E-state index < -0.39 is 0 Å². The van der Waals surface area contributed by atoms with Crippen LogP contribution in [0.25, 0.3) is 0 Å². The Morgan fingerprint density at radius 2 is 1.75 bits per heavy atom. The zero-order chi connectivity index (χ0) is 9.14. The summed E-state index contributed by atoms with van der Waals surface area (Å²) in [5.41, 5.74) is 0. The number of hydrogen-bond donors (Lipinski definition) is 2. The van der Waals surface area contributed by atoms with Gasteiger partial charge < -0.3 is 10.2 Å². The van der Waals surface area contributed by atoms with Crippen LogP contribution >= 0.6 is 0 Å². The summed E-state index contributed by atoms with van der Waals surface area (Å²) >= 11 is 0. The van der Waals surface area contributed by atoms with Gasteiger partial charge in [-0.05, 0) is 18.8 Å². The van der Waals surface area contributed by atoms with E-state index in [9.17, 15) is 10.2 Å². The molecule has 0 spiro atoms. The summed E-state index contributed by atoms with van der Waals surface area (Å²) in [6.07, 6.45) is 3.54. The molecule has 2 heteroatoms. The molecule has 2 nitrogen and oxygen atoms in total. The molecule has 0 bridgehead atoms. The second-order valence-electron chi connectivity index (χ2n) is 4.25. The van der Waals surface area contributed by atoms with Crippen molar-refractivity contribution in [2.24, 2.45) is 11.8 Å². The molecule has 0 aromatic rings. The number of aliphatic hydroxyl groups excluding tert-OH is 2. The van der Waals surface area contributed by atoms with E-state index in [1.54, 1.807) is 0 Å². The Hall–Kier alpha value is -0.0800. The van der Waals surface area contributed by atoms with Gasteiger partial charge in [0.1, 0.15) is 0 Å². The second-order valence-corrected chi connectivity index (χ2v) is 4.25. The Bertz CT molecular complexity index is 134. The Kier molecular flexibility index (Phi) is 3.53. The molecule has 0 saturated heterocycles. The first-order valence-corrected chi connectivity index (χ1v) is 4.99. The van der Waals surface area contributed by atoms with Crippen molar-refractivity contribution in [3.63, 3.8) is 0 Å². The third kappa shape index (κ3) is 2.20. The fourth-order valence-corrected chi connectivity index (χ4v) is 2.03. The van der Waals surface area contributed by atoms with Gasteiger partial charge in [-0.15, -0.1) is 0 Å². The van der Waals surface area contributed by atoms with Gasteiger partial charge in [-0.2, -0.15) is 0 Å². The molecule has 72 valence electrons. The van der Waals surface area contributed by atoms with Crippen molar-refractivity contribution < 1.29 is 10.2 Å². The molecular weight excluding hydrogens is 152 g/mol. The van der Waals surface area contributed by atoms with E-state index in [1.165, 1.54) is 0 Å². The average molecular weight is 172 g/mol. The van der Waals surface area contributed by atoms with Crippen LogP contribution in [0.5, 0.6) is 0 Å². The van der Waals surface area contributed by atoms with E-state index in [0.29, 0.717) is 0 Å². The van der Waals surface area contributed by atoms with Crippen LogP contribution in [0.15, 0.2) is 0 Å². The van der Waals surface area contributed by atoms with Crippen LogP contribution in [0, 0.1) is 11.8 Å². The van der Waals surface area contributed by atoms with Crippen molar-refractivity contribution >= 4 is 0 Å². The van der Waals surface area contributed by atoms with Gasteiger partial charge in [0.05, 0.1) is 12.2 Å². The smallest absolute Gasteiger partial charge is 0.0615 e. The summed E-state index contributed by atoms with van der Waals surface area (Å²) in [7, 11) is 0. The van der Waals surface area contributed by atoms with Gasteiger partial charge in [-0.25, -0.2) is 0 Å². The first-order chi connectivity index (χ1) is 5.63. The van der Waals surface area contributed by atoms with E-state index in [0.717, 1.165) is 25.7 Å². The molecular formula is C10H20O2. The van der Waals surface area contributed by atoms with Gasteiger partial charge in [0.15, 0.2) is 0 Å². The standard InChI is InChI=1S/C10H20O2/c1-7(2)10(12)8-5-3-4-6-9(8)11/h7-12H,3-6H2,1-2H3. The van der Waals surface area contributed by atoms with Crippen molar-refractivity contribution in [3.8, 4) is 0 Å². The predicted molar refractivity (Wildman–Crippen MR) is 48.8 cm³/mol. The first kappa shape index (κ1) is 10.0. The summed E-state index contributed by atoms with van der Waals surface area (Å²) in [6.45, 7) is 4.01. The van der Waals surface area contributed by atoms with Crippen LogP contribution in [0.2, 0.25) is 0 Å².